The van der Waals surface area contributed by atoms with Crippen molar-refractivity contribution in [1.82, 2.24) is 10.2 Å². The minimum atomic E-state index is -4.22. The number of anilines is 1. The van der Waals surface area contributed by atoms with Gasteiger partial charge in [-0.25, -0.2) is 8.42 Å². The zero-order chi connectivity index (χ0) is 31.9. The standard InChI is InChI=1S/C33H32Cl3N3O4S/c1-23(2)37-33(41)31(19-24-10-5-3-6-11-24)38(21-25-16-17-29(35)30(36)18-25)32(40)22-39(27-13-9-12-26(34)20-27)44(42,43)28-14-7-4-8-15-28/h3-18,20,23,31H,19,21-22H2,1-2H3,(H,37,41)/t31-/m1/s1. The fraction of sp³-hybridized carbons (Fsp3) is 0.212. The molecule has 1 N–H and O–H groups in total. The van der Waals surface area contributed by atoms with Gasteiger partial charge in [0.25, 0.3) is 10.0 Å². The minimum absolute atomic E-state index is 0.00203. The summed E-state index contributed by atoms with van der Waals surface area (Å²) in [6, 6.07) is 27.2. The van der Waals surface area contributed by atoms with Gasteiger partial charge >= 0.3 is 0 Å². The predicted octanol–water partition coefficient (Wildman–Crippen LogP) is 7.01. The number of amides is 2. The van der Waals surface area contributed by atoms with Crippen LogP contribution in [-0.4, -0.2) is 43.8 Å². The molecule has 11 heteroatoms. The third kappa shape index (κ3) is 8.54. The fourth-order valence-electron chi connectivity index (χ4n) is 4.65. The number of sulfonamides is 1. The zero-order valence-electron chi connectivity index (χ0n) is 24.2. The van der Waals surface area contributed by atoms with E-state index in [-0.39, 0.29) is 40.5 Å². The van der Waals surface area contributed by atoms with Crippen LogP contribution in [0.5, 0.6) is 0 Å². The molecular formula is C33H32Cl3N3O4S. The summed E-state index contributed by atoms with van der Waals surface area (Å²) < 4.78 is 29.0. The molecule has 0 bridgehead atoms. The molecule has 0 saturated heterocycles. The fourth-order valence-corrected chi connectivity index (χ4v) is 6.58. The Morgan fingerprint density at radius 3 is 2.05 bits per heavy atom. The van der Waals surface area contributed by atoms with Gasteiger partial charge in [-0.1, -0.05) is 95.5 Å². The molecule has 0 aliphatic rings. The maximum atomic E-state index is 14.4. The van der Waals surface area contributed by atoms with Gasteiger partial charge in [0.2, 0.25) is 11.8 Å². The quantitative estimate of drug-likeness (QED) is 0.176. The molecule has 0 aromatic heterocycles. The summed E-state index contributed by atoms with van der Waals surface area (Å²) in [5.41, 5.74) is 1.64. The summed E-state index contributed by atoms with van der Waals surface area (Å²) in [6.07, 6.45) is 0.190. The molecule has 0 fully saturated rings. The molecule has 0 radical (unpaired) electrons. The van der Waals surface area contributed by atoms with Crippen LogP contribution in [0.1, 0.15) is 25.0 Å². The molecule has 44 heavy (non-hydrogen) atoms. The molecule has 0 aliphatic carbocycles. The van der Waals surface area contributed by atoms with Crippen molar-refractivity contribution in [2.75, 3.05) is 10.8 Å². The summed E-state index contributed by atoms with van der Waals surface area (Å²) in [6.45, 7) is 3.03. The Balaban J connectivity index is 1.81. The molecule has 0 saturated carbocycles. The second-order valence-electron chi connectivity index (χ2n) is 10.4. The van der Waals surface area contributed by atoms with Gasteiger partial charge in [-0.2, -0.15) is 0 Å². The number of halogens is 3. The molecule has 0 heterocycles. The molecule has 4 rings (SSSR count). The van der Waals surface area contributed by atoms with Crippen LogP contribution in [0.2, 0.25) is 15.1 Å². The summed E-state index contributed by atoms with van der Waals surface area (Å²) in [5.74, 6) is -0.979. The number of carbonyl (C=O) groups excluding carboxylic acids is 2. The molecule has 0 aliphatic heterocycles. The average Bonchev–Trinajstić information content (AvgIpc) is 2.99. The molecular weight excluding hydrogens is 641 g/mol. The highest BCUT2D eigenvalue weighted by atomic mass is 35.5. The van der Waals surface area contributed by atoms with Crippen molar-refractivity contribution >= 4 is 62.3 Å². The number of nitrogens with one attached hydrogen (secondary N) is 1. The van der Waals surface area contributed by atoms with Crippen LogP contribution in [0.15, 0.2) is 108 Å². The van der Waals surface area contributed by atoms with Gasteiger partial charge in [0.1, 0.15) is 12.6 Å². The zero-order valence-corrected chi connectivity index (χ0v) is 27.2. The maximum absolute atomic E-state index is 14.4. The van der Waals surface area contributed by atoms with Crippen molar-refractivity contribution < 1.29 is 18.0 Å². The third-order valence-electron chi connectivity index (χ3n) is 6.75. The van der Waals surface area contributed by atoms with Crippen molar-refractivity contribution in [3.8, 4) is 0 Å². The molecule has 1 atom stereocenters. The molecule has 2 amide bonds. The molecule has 4 aromatic rings. The number of rotatable bonds is 12. The van der Waals surface area contributed by atoms with E-state index in [0.717, 1.165) is 9.87 Å². The van der Waals surface area contributed by atoms with Crippen LogP contribution >= 0.6 is 34.8 Å². The second kappa shape index (κ2) is 14.9. The topological polar surface area (TPSA) is 86.8 Å². The van der Waals surface area contributed by atoms with E-state index in [2.05, 4.69) is 5.32 Å². The highest BCUT2D eigenvalue weighted by molar-refractivity contribution is 7.92. The lowest BCUT2D eigenvalue weighted by Crippen LogP contribution is -2.54. The number of hydrogen-bond acceptors (Lipinski definition) is 4. The predicted molar refractivity (Wildman–Crippen MR) is 177 cm³/mol. The lowest BCUT2D eigenvalue weighted by Gasteiger charge is -2.34. The highest BCUT2D eigenvalue weighted by Gasteiger charge is 2.35. The Labute approximate surface area is 273 Å². The number of hydrogen-bond donors (Lipinski definition) is 1. The monoisotopic (exact) mass is 671 g/mol. The Morgan fingerprint density at radius 2 is 1.43 bits per heavy atom. The van der Waals surface area contributed by atoms with Gasteiger partial charge in [0.15, 0.2) is 0 Å². The van der Waals surface area contributed by atoms with Crippen LogP contribution in [0, 0.1) is 0 Å². The van der Waals surface area contributed by atoms with E-state index >= 15 is 0 Å². The maximum Gasteiger partial charge on any atom is 0.264 e. The van der Waals surface area contributed by atoms with E-state index in [0.29, 0.717) is 15.6 Å². The first-order chi connectivity index (χ1) is 21.0. The molecule has 230 valence electrons. The van der Waals surface area contributed by atoms with E-state index in [4.69, 9.17) is 34.8 Å². The Bertz CT molecular complexity index is 1700. The first-order valence-electron chi connectivity index (χ1n) is 13.9. The number of carbonyl (C=O) groups is 2. The first kappa shape index (κ1) is 33.3. The summed E-state index contributed by atoms with van der Waals surface area (Å²) in [7, 11) is -4.22. The van der Waals surface area contributed by atoms with Crippen molar-refractivity contribution in [3.05, 3.63) is 129 Å². The van der Waals surface area contributed by atoms with Crippen molar-refractivity contribution in [2.24, 2.45) is 0 Å². The van der Waals surface area contributed by atoms with E-state index in [1.807, 2.05) is 44.2 Å². The SMILES string of the molecule is CC(C)NC(=O)[C@@H](Cc1ccccc1)N(Cc1ccc(Cl)c(Cl)c1)C(=O)CN(c1cccc(Cl)c1)S(=O)(=O)c1ccccc1. The van der Waals surface area contributed by atoms with Gasteiger partial charge in [-0.3, -0.25) is 13.9 Å². The van der Waals surface area contributed by atoms with Gasteiger partial charge < -0.3 is 10.2 Å². The average molecular weight is 673 g/mol. The van der Waals surface area contributed by atoms with Crippen LogP contribution in [0.4, 0.5) is 5.69 Å². The second-order valence-corrected chi connectivity index (χ2v) is 13.6. The minimum Gasteiger partial charge on any atom is -0.352 e. The van der Waals surface area contributed by atoms with Crippen molar-refractivity contribution in [3.63, 3.8) is 0 Å². The van der Waals surface area contributed by atoms with Crippen LogP contribution in [0.25, 0.3) is 0 Å². The lowest BCUT2D eigenvalue weighted by atomic mass is 10.0. The van der Waals surface area contributed by atoms with Crippen molar-refractivity contribution in [2.45, 2.75) is 43.8 Å². The Kier molecular flexibility index (Phi) is 11.3. The van der Waals surface area contributed by atoms with E-state index in [1.165, 1.54) is 23.1 Å². The number of nitrogens with zero attached hydrogens (tertiary/aromatic N) is 2. The van der Waals surface area contributed by atoms with Gasteiger partial charge in [-0.05, 0) is 67.4 Å². The first-order valence-corrected chi connectivity index (χ1v) is 16.4. The number of benzene rings is 4. The molecule has 7 nitrogen and oxygen atoms in total. The highest BCUT2D eigenvalue weighted by Crippen LogP contribution is 2.28. The summed E-state index contributed by atoms with van der Waals surface area (Å²) >= 11 is 18.7. The Morgan fingerprint density at radius 1 is 0.773 bits per heavy atom. The smallest absolute Gasteiger partial charge is 0.264 e. The molecule has 4 aromatic carbocycles. The Hall–Kier alpha value is -3.56. The van der Waals surface area contributed by atoms with E-state index in [1.54, 1.807) is 54.6 Å². The lowest BCUT2D eigenvalue weighted by molar-refractivity contribution is -0.140. The normalized spacial score (nSPS) is 12.0. The third-order valence-corrected chi connectivity index (χ3v) is 9.51. The summed E-state index contributed by atoms with van der Waals surface area (Å²) in [4.78, 5) is 29.5. The summed E-state index contributed by atoms with van der Waals surface area (Å²) in [5, 5.41) is 3.85. The van der Waals surface area contributed by atoms with Gasteiger partial charge in [0.05, 0.1) is 20.6 Å². The van der Waals surface area contributed by atoms with Gasteiger partial charge in [-0.15, -0.1) is 0 Å². The van der Waals surface area contributed by atoms with Crippen LogP contribution in [0.3, 0.4) is 0 Å². The molecule has 0 spiro atoms. The molecule has 0 unspecified atom stereocenters. The van der Waals surface area contributed by atoms with E-state index in [9.17, 15) is 18.0 Å². The van der Waals surface area contributed by atoms with E-state index < -0.39 is 28.5 Å². The van der Waals surface area contributed by atoms with Crippen LogP contribution in [-0.2, 0) is 32.6 Å². The largest absolute Gasteiger partial charge is 0.352 e. The van der Waals surface area contributed by atoms with Crippen molar-refractivity contribution in [1.29, 1.82) is 0 Å². The van der Waals surface area contributed by atoms with Crippen LogP contribution < -0.4 is 9.62 Å². The van der Waals surface area contributed by atoms with Gasteiger partial charge in [0, 0.05) is 24.0 Å².